The van der Waals surface area contributed by atoms with Gasteiger partial charge in [0.2, 0.25) is 0 Å². The summed E-state index contributed by atoms with van der Waals surface area (Å²) in [6.07, 6.45) is 6.18. The standard InChI is InChI=1S/C12H14N4OS/c1-7-15-11-8(3-2-4-10(11)18-7)16-12(17)9-5-13-6-14-9/h5-6,8H,2-4H2,1H3,(H,13,14)(H,16,17)/t8-/m1/s1. The summed E-state index contributed by atoms with van der Waals surface area (Å²) in [7, 11) is 0. The third-order valence-corrected chi connectivity index (χ3v) is 4.16. The minimum Gasteiger partial charge on any atom is -0.342 e. The van der Waals surface area contributed by atoms with E-state index in [0.29, 0.717) is 5.69 Å². The number of nitrogens with one attached hydrogen (secondary N) is 2. The van der Waals surface area contributed by atoms with Crippen molar-refractivity contribution in [1.82, 2.24) is 20.3 Å². The SMILES string of the molecule is Cc1nc2c(s1)CCC[C@H]2NC(=O)c1cnc[nH]1. The van der Waals surface area contributed by atoms with Crippen LogP contribution in [-0.4, -0.2) is 20.9 Å². The van der Waals surface area contributed by atoms with Crippen LogP contribution in [0.5, 0.6) is 0 Å². The molecule has 3 rings (SSSR count). The van der Waals surface area contributed by atoms with Crippen LogP contribution >= 0.6 is 11.3 Å². The lowest BCUT2D eigenvalue weighted by molar-refractivity contribution is 0.0927. The molecule has 5 nitrogen and oxygen atoms in total. The van der Waals surface area contributed by atoms with Gasteiger partial charge >= 0.3 is 0 Å². The fraction of sp³-hybridized carbons (Fsp3) is 0.417. The highest BCUT2D eigenvalue weighted by Gasteiger charge is 2.25. The van der Waals surface area contributed by atoms with E-state index in [2.05, 4.69) is 20.3 Å². The molecule has 0 aliphatic heterocycles. The van der Waals surface area contributed by atoms with Gasteiger partial charge in [0.05, 0.1) is 29.3 Å². The molecule has 1 aliphatic carbocycles. The van der Waals surface area contributed by atoms with Gasteiger partial charge < -0.3 is 10.3 Å². The summed E-state index contributed by atoms with van der Waals surface area (Å²) in [6, 6.07) is 0.0366. The number of hydrogen-bond acceptors (Lipinski definition) is 4. The fourth-order valence-corrected chi connectivity index (χ4v) is 3.34. The van der Waals surface area contributed by atoms with E-state index in [1.165, 1.54) is 17.4 Å². The summed E-state index contributed by atoms with van der Waals surface area (Å²) in [4.78, 5) is 24.5. The van der Waals surface area contributed by atoms with Crippen molar-refractivity contribution in [3.63, 3.8) is 0 Å². The van der Waals surface area contributed by atoms with Crippen molar-refractivity contribution in [3.05, 3.63) is 33.8 Å². The number of hydrogen-bond donors (Lipinski definition) is 2. The normalized spacial score (nSPS) is 18.4. The molecule has 0 saturated carbocycles. The summed E-state index contributed by atoms with van der Waals surface area (Å²) in [5, 5.41) is 4.10. The van der Waals surface area contributed by atoms with E-state index in [9.17, 15) is 4.79 Å². The third-order valence-electron chi connectivity index (χ3n) is 3.11. The van der Waals surface area contributed by atoms with E-state index in [4.69, 9.17) is 0 Å². The zero-order chi connectivity index (χ0) is 12.5. The van der Waals surface area contributed by atoms with E-state index in [1.807, 2.05) is 6.92 Å². The molecule has 2 heterocycles. The lowest BCUT2D eigenvalue weighted by Crippen LogP contribution is -2.31. The van der Waals surface area contributed by atoms with Crippen molar-refractivity contribution in [2.75, 3.05) is 0 Å². The zero-order valence-electron chi connectivity index (χ0n) is 10.1. The lowest BCUT2D eigenvalue weighted by Gasteiger charge is -2.21. The second-order valence-corrected chi connectivity index (χ2v) is 5.71. The molecule has 6 heteroatoms. The first-order valence-electron chi connectivity index (χ1n) is 5.99. The molecule has 1 amide bonds. The topological polar surface area (TPSA) is 70.7 Å². The Bertz CT molecular complexity index is 561. The van der Waals surface area contributed by atoms with E-state index >= 15 is 0 Å². The maximum atomic E-state index is 12.0. The Balaban J connectivity index is 1.80. The van der Waals surface area contributed by atoms with Crippen molar-refractivity contribution in [1.29, 1.82) is 0 Å². The maximum absolute atomic E-state index is 12.0. The average molecular weight is 262 g/mol. The van der Waals surface area contributed by atoms with Gasteiger partial charge in [0.1, 0.15) is 5.69 Å². The molecule has 1 atom stereocenters. The number of imidazole rings is 1. The Hall–Kier alpha value is -1.69. The van der Waals surface area contributed by atoms with Gasteiger partial charge in [-0.2, -0.15) is 0 Å². The molecule has 0 spiro atoms. The van der Waals surface area contributed by atoms with Crippen LogP contribution in [0.4, 0.5) is 0 Å². The van der Waals surface area contributed by atoms with Crippen LogP contribution in [0.25, 0.3) is 0 Å². The first-order chi connectivity index (χ1) is 8.74. The number of fused-ring (bicyclic) bond motifs is 1. The Kier molecular flexibility index (Phi) is 2.87. The van der Waals surface area contributed by atoms with Gasteiger partial charge in [-0.25, -0.2) is 9.97 Å². The largest absolute Gasteiger partial charge is 0.342 e. The van der Waals surface area contributed by atoms with Crippen LogP contribution < -0.4 is 5.32 Å². The van der Waals surface area contributed by atoms with E-state index in [0.717, 1.165) is 30.0 Å². The Morgan fingerprint density at radius 3 is 3.28 bits per heavy atom. The lowest BCUT2D eigenvalue weighted by atomic mass is 9.97. The summed E-state index contributed by atoms with van der Waals surface area (Å²) in [6.45, 7) is 2.01. The molecule has 0 radical (unpaired) electrons. The predicted molar refractivity (Wildman–Crippen MR) is 68.6 cm³/mol. The van der Waals surface area contributed by atoms with Gasteiger partial charge in [-0.05, 0) is 26.2 Å². The molecule has 0 saturated heterocycles. The number of amides is 1. The van der Waals surface area contributed by atoms with Crippen molar-refractivity contribution in [2.24, 2.45) is 0 Å². The van der Waals surface area contributed by atoms with Crippen molar-refractivity contribution in [3.8, 4) is 0 Å². The second kappa shape index (κ2) is 4.53. The Labute approximate surface area is 109 Å². The second-order valence-electron chi connectivity index (χ2n) is 4.42. The van der Waals surface area contributed by atoms with Crippen molar-refractivity contribution in [2.45, 2.75) is 32.2 Å². The first-order valence-corrected chi connectivity index (χ1v) is 6.81. The average Bonchev–Trinajstić information content (AvgIpc) is 2.96. The number of carbonyl (C=O) groups is 1. The highest BCUT2D eigenvalue weighted by molar-refractivity contribution is 7.11. The Morgan fingerprint density at radius 2 is 2.50 bits per heavy atom. The van der Waals surface area contributed by atoms with Gasteiger partial charge in [-0.3, -0.25) is 4.79 Å². The molecule has 2 aromatic rings. The van der Waals surface area contributed by atoms with Crippen LogP contribution in [0.3, 0.4) is 0 Å². The molecule has 1 aliphatic rings. The van der Waals surface area contributed by atoms with E-state index in [-0.39, 0.29) is 11.9 Å². The smallest absolute Gasteiger partial charge is 0.269 e. The van der Waals surface area contributed by atoms with Crippen LogP contribution in [0.15, 0.2) is 12.5 Å². The molecule has 2 aromatic heterocycles. The highest BCUT2D eigenvalue weighted by Crippen LogP contribution is 2.33. The van der Waals surface area contributed by atoms with Crippen LogP contribution in [0.2, 0.25) is 0 Å². The molecule has 18 heavy (non-hydrogen) atoms. The number of aromatic nitrogens is 3. The number of H-pyrrole nitrogens is 1. The van der Waals surface area contributed by atoms with Gasteiger partial charge in [-0.1, -0.05) is 0 Å². The number of rotatable bonds is 2. The van der Waals surface area contributed by atoms with Gasteiger partial charge in [0.25, 0.3) is 5.91 Å². The molecule has 0 unspecified atom stereocenters. The van der Waals surface area contributed by atoms with Crippen molar-refractivity contribution < 1.29 is 4.79 Å². The number of carbonyl (C=O) groups excluding carboxylic acids is 1. The summed E-state index contributed by atoms with van der Waals surface area (Å²) in [5.74, 6) is -0.115. The van der Waals surface area contributed by atoms with Crippen LogP contribution in [0.1, 0.15) is 45.0 Å². The monoisotopic (exact) mass is 262 g/mol. The minimum absolute atomic E-state index is 0.0366. The summed E-state index contributed by atoms with van der Waals surface area (Å²) < 4.78 is 0. The quantitative estimate of drug-likeness (QED) is 0.869. The molecular weight excluding hydrogens is 248 g/mol. The van der Waals surface area contributed by atoms with Gasteiger partial charge in [0, 0.05) is 4.88 Å². The molecule has 0 fully saturated rings. The summed E-state index contributed by atoms with van der Waals surface area (Å²) >= 11 is 1.74. The highest BCUT2D eigenvalue weighted by atomic mass is 32.1. The number of thiazole rings is 1. The number of nitrogens with zero attached hydrogens (tertiary/aromatic N) is 2. The minimum atomic E-state index is -0.115. The summed E-state index contributed by atoms with van der Waals surface area (Å²) in [5.41, 5.74) is 1.55. The predicted octanol–water partition coefficient (Wildman–Crippen LogP) is 1.98. The van der Waals surface area contributed by atoms with Crippen LogP contribution in [-0.2, 0) is 6.42 Å². The number of aromatic amines is 1. The Morgan fingerprint density at radius 1 is 1.61 bits per heavy atom. The first kappa shape index (κ1) is 11.4. The zero-order valence-corrected chi connectivity index (χ0v) is 10.9. The molecule has 0 bridgehead atoms. The third kappa shape index (κ3) is 2.03. The molecule has 2 N–H and O–H groups in total. The molecule has 94 valence electrons. The molecule has 0 aromatic carbocycles. The fourth-order valence-electron chi connectivity index (χ4n) is 2.30. The van der Waals surface area contributed by atoms with E-state index < -0.39 is 0 Å². The maximum Gasteiger partial charge on any atom is 0.269 e. The number of aryl methyl sites for hydroxylation is 2. The molecular formula is C12H14N4OS. The van der Waals surface area contributed by atoms with Crippen molar-refractivity contribution >= 4 is 17.2 Å². The van der Waals surface area contributed by atoms with E-state index in [1.54, 1.807) is 11.3 Å². The van der Waals surface area contributed by atoms with Crippen LogP contribution in [0, 0.1) is 6.92 Å². The van der Waals surface area contributed by atoms with Gasteiger partial charge in [-0.15, -0.1) is 11.3 Å². The van der Waals surface area contributed by atoms with Gasteiger partial charge in [0.15, 0.2) is 0 Å².